The second kappa shape index (κ2) is 10.2. The smallest absolute Gasteiger partial charge is 0.193 e. The van der Waals surface area contributed by atoms with E-state index in [1.165, 1.54) is 0 Å². The molecule has 1 heterocycles. The van der Waals surface area contributed by atoms with Gasteiger partial charge < -0.3 is 10.2 Å². The highest BCUT2D eigenvalue weighted by Gasteiger charge is 2.07. The van der Waals surface area contributed by atoms with E-state index in [2.05, 4.69) is 37.7 Å². The molecule has 1 rings (SSSR count). The van der Waals surface area contributed by atoms with E-state index in [0.29, 0.717) is 0 Å². The van der Waals surface area contributed by atoms with Crippen LogP contribution in [0.3, 0.4) is 0 Å². The number of nitrogens with one attached hydrogen (secondary N) is 1. The van der Waals surface area contributed by atoms with Crippen molar-refractivity contribution in [3.8, 4) is 0 Å². The Balaban J connectivity index is 0.00000324. The van der Waals surface area contributed by atoms with E-state index in [-0.39, 0.29) is 24.0 Å². The molecule has 0 radical (unpaired) electrons. The lowest BCUT2D eigenvalue weighted by atomic mass is 10.4. The van der Waals surface area contributed by atoms with Gasteiger partial charge in [0.15, 0.2) is 5.96 Å². The first-order valence-corrected chi connectivity index (χ1v) is 6.99. The van der Waals surface area contributed by atoms with Gasteiger partial charge in [-0.2, -0.15) is 0 Å². The second-order valence-corrected chi connectivity index (χ2v) is 5.11. The number of guanidine groups is 1. The van der Waals surface area contributed by atoms with Crippen molar-refractivity contribution in [2.24, 2.45) is 4.99 Å². The fourth-order valence-corrected chi connectivity index (χ4v) is 2.22. The van der Waals surface area contributed by atoms with E-state index >= 15 is 0 Å². The van der Waals surface area contributed by atoms with Crippen LogP contribution in [0.25, 0.3) is 0 Å². The van der Waals surface area contributed by atoms with Gasteiger partial charge in [0.05, 0.1) is 17.2 Å². The molecule has 0 aliphatic carbocycles. The van der Waals surface area contributed by atoms with E-state index in [1.54, 1.807) is 18.4 Å². The lowest BCUT2D eigenvalue weighted by Crippen LogP contribution is -2.38. The van der Waals surface area contributed by atoms with Gasteiger partial charge in [0.25, 0.3) is 0 Å². The van der Waals surface area contributed by atoms with E-state index in [0.717, 1.165) is 36.2 Å². The number of hydrogen-bond acceptors (Lipinski definition) is 3. The Morgan fingerprint density at radius 1 is 1.58 bits per heavy atom. The molecule has 0 aliphatic heterocycles. The normalized spacial score (nSPS) is 11.5. The molecule has 0 aliphatic rings. The monoisotopic (exact) mass is 394 g/mol. The predicted octanol–water partition coefficient (Wildman–Crippen LogP) is 3.04. The van der Waals surface area contributed by atoms with Crippen LogP contribution in [-0.2, 0) is 6.54 Å². The van der Waals surface area contributed by atoms with Gasteiger partial charge in [0.2, 0.25) is 0 Å². The highest BCUT2D eigenvalue weighted by atomic mass is 127. The van der Waals surface area contributed by atoms with Gasteiger partial charge in [-0.1, -0.05) is 12.2 Å². The molecule has 6 heteroatoms. The maximum Gasteiger partial charge on any atom is 0.193 e. The summed E-state index contributed by atoms with van der Waals surface area (Å²) >= 11 is 1.68. The molecule has 0 aromatic carbocycles. The number of allylic oxidation sites excluding steroid dienone is 1. The van der Waals surface area contributed by atoms with E-state index < -0.39 is 0 Å². The molecular weight excluding hydrogens is 371 g/mol. The number of halogens is 1. The van der Waals surface area contributed by atoms with Crippen molar-refractivity contribution in [2.75, 3.05) is 20.6 Å². The van der Waals surface area contributed by atoms with Crippen LogP contribution in [0.5, 0.6) is 0 Å². The van der Waals surface area contributed by atoms with Crippen LogP contribution >= 0.6 is 35.3 Å². The van der Waals surface area contributed by atoms with Gasteiger partial charge in [-0.3, -0.25) is 4.99 Å². The summed E-state index contributed by atoms with van der Waals surface area (Å²) in [6.07, 6.45) is 5.22. The summed E-state index contributed by atoms with van der Waals surface area (Å²) in [7, 11) is 3.83. The Kier molecular flexibility index (Phi) is 9.85. The number of thiazole rings is 1. The van der Waals surface area contributed by atoms with Gasteiger partial charge in [0.1, 0.15) is 0 Å². The van der Waals surface area contributed by atoms with Crippen LogP contribution in [0.1, 0.15) is 24.0 Å². The molecule has 1 N–H and O–H groups in total. The lowest BCUT2D eigenvalue weighted by Gasteiger charge is -2.20. The van der Waals surface area contributed by atoms with Crippen molar-refractivity contribution in [1.82, 2.24) is 15.2 Å². The summed E-state index contributed by atoms with van der Waals surface area (Å²) in [5, 5.41) is 6.53. The van der Waals surface area contributed by atoms with E-state index in [1.807, 2.05) is 20.9 Å². The molecule has 0 saturated heterocycles. The van der Waals surface area contributed by atoms with E-state index in [4.69, 9.17) is 0 Å². The number of rotatable bonds is 5. The van der Waals surface area contributed by atoms with Crippen molar-refractivity contribution in [3.05, 3.63) is 28.2 Å². The lowest BCUT2D eigenvalue weighted by molar-refractivity contribution is 0.471. The van der Waals surface area contributed by atoms with Gasteiger partial charge in [0, 0.05) is 26.0 Å². The molecule has 0 fully saturated rings. The largest absolute Gasteiger partial charge is 0.356 e. The number of aryl methyl sites for hydroxylation is 1. The minimum absolute atomic E-state index is 0. The summed E-state index contributed by atoms with van der Waals surface area (Å²) in [4.78, 5) is 10.8. The number of aliphatic imine (C=N–C) groups is 1. The zero-order valence-corrected chi connectivity index (χ0v) is 15.2. The maximum absolute atomic E-state index is 4.46. The third-order valence-electron chi connectivity index (χ3n) is 2.47. The first-order chi connectivity index (χ1) is 8.67. The zero-order chi connectivity index (χ0) is 13.4. The molecule has 108 valence electrons. The minimum Gasteiger partial charge on any atom is -0.356 e. The topological polar surface area (TPSA) is 40.5 Å². The summed E-state index contributed by atoms with van der Waals surface area (Å²) in [6, 6.07) is 0. The van der Waals surface area contributed by atoms with Crippen LogP contribution in [0.2, 0.25) is 0 Å². The zero-order valence-electron chi connectivity index (χ0n) is 12.0. The fourth-order valence-electron chi connectivity index (χ4n) is 1.62. The first kappa shape index (κ1) is 18.4. The van der Waals surface area contributed by atoms with Crippen LogP contribution in [0.15, 0.2) is 22.5 Å². The van der Waals surface area contributed by atoms with Crippen molar-refractivity contribution in [1.29, 1.82) is 0 Å². The average Bonchev–Trinajstić information content (AvgIpc) is 2.75. The molecule has 0 bridgehead atoms. The molecule has 0 spiro atoms. The van der Waals surface area contributed by atoms with Gasteiger partial charge >= 0.3 is 0 Å². The summed E-state index contributed by atoms with van der Waals surface area (Å²) < 4.78 is 0. The fraction of sp³-hybridized carbons (Fsp3) is 0.538. The summed E-state index contributed by atoms with van der Waals surface area (Å²) in [5.41, 5.74) is 1.09. The molecule has 1 aromatic heterocycles. The average molecular weight is 394 g/mol. The standard InChI is InChI=1S/C13H22N4S.HI/c1-5-6-7-8-15-13(14-3)17(4)9-12-10-18-11(2)16-12;/h5-6,10H,7-9H2,1-4H3,(H,14,15);1H/b6-5+;. The molecule has 4 nitrogen and oxygen atoms in total. The maximum atomic E-state index is 4.46. The van der Waals surface area contributed by atoms with Crippen LogP contribution in [0.4, 0.5) is 0 Å². The van der Waals surface area contributed by atoms with Crippen LogP contribution in [0, 0.1) is 6.92 Å². The summed E-state index contributed by atoms with van der Waals surface area (Å²) in [5.74, 6) is 0.908. The number of aromatic nitrogens is 1. The Hall–Kier alpha value is -0.630. The van der Waals surface area contributed by atoms with Crippen LogP contribution in [-0.4, -0.2) is 36.5 Å². The van der Waals surface area contributed by atoms with Gasteiger partial charge in [-0.15, -0.1) is 35.3 Å². The Labute approximate surface area is 137 Å². The highest BCUT2D eigenvalue weighted by molar-refractivity contribution is 14.0. The Morgan fingerprint density at radius 3 is 2.84 bits per heavy atom. The van der Waals surface area contributed by atoms with Crippen molar-refractivity contribution >= 4 is 41.3 Å². The predicted molar refractivity (Wildman–Crippen MR) is 94.5 cm³/mol. The van der Waals surface area contributed by atoms with Gasteiger partial charge in [-0.05, 0) is 20.3 Å². The van der Waals surface area contributed by atoms with Crippen molar-refractivity contribution < 1.29 is 0 Å². The SMILES string of the molecule is C/C=C/CCNC(=NC)N(C)Cc1csc(C)n1.I. The molecule has 0 amide bonds. The third-order valence-corrected chi connectivity index (χ3v) is 3.29. The molecule has 0 unspecified atom stereocenters. The Morgan fingerprint density at radius 2 is 2.32 bits per heavy atom. The van der Waals surface area contributed by atoms with Crippen molar-refractivity contribution in [3.63, 3.8) is 0 Å². The molecule has 0 saturated carbocycles. The summed E-state index contributed by atoms with van der Waals surface area (Å²) in [6.45, 7) is 5.74. The minimum atomic E-state index is 0. The number of hydrogen-bond donors (Lipinski definition) is 1. The molecule has 19 heavy (non-hydrogen) atoms. The molecule has 0 atom stereocenters. The molecular formula is C13H23IN4S. The van der Waals surface area contributed by atoms with Crippen LogP contribution < -0.4 is 5.32 Å². The second-order valence-electron chi connectivity index (χ2n) is 4.05. The van der Waals surface area contributed by atoms with E-state index in [9.17, 15) is 0 Å². The molecule has 1 aromatic rings. The quantitative estimate of drug-likeness (QED) is 0.274. The highest BCUT2D eigenvalue weighted by Crippen LogP contribution is 2.09. The number of nitrogens with zero attached hydrogens (tertiary/aromatic N) is 3. The Bertz CT molecular complexity index is 415. The third kappa shape index (κ3) is 6.91. The van der Waals surface area contributed by atoms with Gasteiger partial charge in [-0.25, -0.2) is 4.98 Å². The van der Waals surface area contributed by atoms with Crippen molar-refractivity contribution in [2.45, 2.75) is 26.8 Å². The first-order valence-electron chi connectivity index (χ1n) is 6.11.